The molecule has 0 aliphatic carbocycles. The molecule has 0 saturated carbocycles. The minimum Gasteiger partial charge on any atom is -0.481 e. The van der Waals surface area contributed by atoms with E-state index in [9.17, 15) is 9.59 Å². The molecule has 0 fully saturated rings. The van der Waals surface area contributed by atoms with Gasteiger partial charge in [0.2, 0.25) is 5.91 Å². The molecule has 1 amide bonds. The van der Waals surface area contributed by atoms with Crippen molar-refractivity contribution in [3.8, 4) is 0 Å². The quantitative estimate of drug-likeness (QED) is 0.222. The predicted molar refractivity (Wildman–Crippen MR) is 112 cm³/mol. The molecule has 0 spiro atoms. The number of unbranched alkanes of at least 4 members (excludes halogenated alkanes) is 11. The van der Waals surface area contributed by atoms with E-state index < -0.39 is 5.97 Å². The summed E-state index contributed by atoms with van der Waals surface area (Å²) in [6.07, 6.45) is 21.3. The zero-order chi connectivity index (χ0) is 18.6. The molecule has 0 saturated heterocycles. The van der Waals surface area contributed by atoms with E-state index in [0.29, 0.717) is 6.42 Å². The Kier molecular flexibility index (Phi) is 23.0. The van der Waals surface area contributed by atoms with E-state index in [-0.39, 0.29) is 31.3 Å². The maximum Gasteiger partial charge on any atom is 0.305 e. The summed E-state index contributed by atoms with van der Waals surface area (Å²) < 4.78 is 0. The van der Waals surface area contributed by atoms with Gasteiger partial charge in [0.05, 0.1) is 6.42 Å². The number of aliphatic carboxylic acids is 1. The van der Waals surface area contributed by atoms with Crippen LogP contribution >= 0.6 is 12.4 Å². The molecule has 0 aliphatic heterocycles. The van der Waals surface area contributed by atoms with Crippen molar-refractivity contribution >= 4 is 24.3 Å². The molecular weight excluding hydrogens is 350 g/mol. The van der Waals surface area contributed by atoms with Gasteiger partial charge >= 0.3 is 5.97 Å². The van der Waals surface area contributed by atoms with Gasteiger partial charge in [-0.15, -0.1) is 12.4 Å². The van der Waals surface area contributed by atoms with Crippen LogP contribution in [0.25, 0.3) is 0 Å². The molecule has 0 aromatic carbocycles. The maximum absolute atomic E-state index is 11.4. The summed E-state index contributed by atoms with van der Waals surface area (Å²) in [5, 5.41) is 11.1. The third-order valence-corrected chi connectivity index (χ3v) is 4.33. The van der Waals surface area contributed by atoms with Crippen LogP contribution in [0.15, 0.2) is 12.2 Å². The fourth-order valence-corrected chi connectivity index (χ4v) is 2.75. The standard InChI is InChI=1S/C21H39NO3.ClH/c1-2-3-4-5-6-7-8-9-10-11-12-13-14-15-16-17-20(23)22-19-18-21(24)25;/h9-10H,2-8,11-19H2,1H3,(H,22,23)(H,24,25);1H. The number of amides is 1. The van der Waals surface area contributed by atoms with Crippen LogP contribution in [-0.2, 0) is 9.59 Å². The van der Waals surface area contributed by atoms with Gasteiger partial charge in [0, 0.05) is 13.0 Å². The summed E-state index contributed by atoms with van der Waals surface area (Å²) >= 11 is 0. The van der Waals surface area contributed by atoms with Crippen LogP contribution in [0.1, 0.15) is 103 Å². The number of halogens is 1. The van der Waals surface area contributed by atoms with Crippen LogP contribution in [-0.4, -0.2) is 23.5 Å². The Balaban J connectivity index is 0. The zero-order valence-corrected chi connectivity index (χ0v) is 17.5. The summed E-state index contributed by atoms with van der Waals surface area (Å²) in [7, 11) is 0. The molecule has 0 radical (unpaired) electrons. The summed E-state index contributed by atoms with van der Waals surface area (Å²) in [6, 6.07) is 0. The highest BCUT2D eigenvalue weighted by atomic mass is 35.5. The maximum atomic E-state index is 11.4. The van der Waals surface area contributed by atoms with Gasteiger partial charge < -0.3 is 10.4 Å². The molecule has 0 bridgehead atoms. The smallest absolute Gasteiger partial charge is 0.305 e. The Morgan fingerprint density at radius 2 is 1.27 bits per heavy atom. The monoisotopic (exact) mass is 389 g/mol. The average Bonchev–Trinajstić information content (AvgIpc) is 2.58. The highest BCUT2D eigenvalue weighted by Gasteiger charge is 2.02. The lowest BCUT2D eigenvalue weighted by Gasteiger charge is -2.03. The zero-order valence-electron chi connectivity index (χ0n) is 16.6. The molecule has 0 rings (SSSR count). The van der Waals surface area contributed by atoms with Gasteiger partial charge in [-0.25, -0.2) is 0 Å². The van der Waals surface area contributed by atoms with Gasteiger partial charge in [0.1, 0.15) is 0 Å². The third-order valence-electron chi connectivity index (χ3n) is 4.33. The van der Waals surface area contributed by atoms with Gasteiger partial charge in [-0.05, 0) is 32.1 Å². The number of carboxylic acid groups (broad SMARTS) is 1. The Hall–Kier alpha value is -1.03. The summed E-state index contributed by atoms with van der Waals surface area (Å²) in [5.41, 5.74) is 0. The molecule has 0 atom stereocenters. The third kappa shape index (κ3) is 23.0. The Morgan fingerprint density at radius 3 is 1.81 bits per heavy atom. The normalized spacial score (nSPS) is 10.7. The first-order valence-corrected chi connectivity index (χ1v) is 10.3. The molecule has 0 aliphatic rings. The Bertz CT molecular complexity index is 359. The van der Waals surface area contributed by atoms with Crippen LogP contribution in [0.4, 0.5) is 0 Å². The first-order chi connectivity index (χ1) is 12.2. The average molecular weight is 390 g/mol. The Labute approximate surface area is 166 Å². The van der Waals surface area contributed by atoms with Gasteiger partial charge in [-0.2, -0.15) is 0 Å². The van der Waals surface area contributed by atoms with Gasteiger partial charge in [-0.1, -0.05) is 70.4 Å². The number of carbonyl (C=O) groups is 2. The lowest BCUT2D eigenvalue weighted by Crippen LogP contribution is -2.25. The number of allylic oxidation sites excluding steroid dienone is 2. The Morgan fingerprint density at radius 1 is 0.769 bits per heavy atom. The number of rotatable bonds is 18. The van der Waals surface area contributed by atoms with Crippen molar-refractivity contribution in [1.29, 1.82) is 0 Å². The van der Waals surface area contributed by atoms with E-state index in [0.717, 1.165) is 12.8 Å². The molecule has 0 unspecified atom stereocenters. The van der Waals surface area contributed by atoms with Crippen LogP contribution in [0, 0.1) is 0 Å². The fourth-order valence-electron chi connectivity index (χ4n) is 2.75. The minimum atomic E-state index is -0.874. The molecule has 154 valence electrons. The predicted octanol–water partition coefficient (Wildman–Crippen LogP) is 6.04. The first-order valence-electron chi connectivity index (χ1n) is 10.3. The largest absolute Gasteiger partial charge is 0.481 e. The molecule has 2 N–H and O–H groups in total. The van der Waals surface area contributed by atoms with E-state index in [1.165, 1.54) is 70.6 Å². The van der Waals surface area contributed by atoms with Gasteiger partial charge in [-0.3, -0.25) is 9.59 Å². The first kappa shape index (κ1) is 27.2. The van der Waals surface area contributed by atoms with Crippen LogP contribution in [0.2, 0.25) is 0 Å². The molecule has 0 aromatic heterocycles. The van der Waals surface area contributed by atoms with Crippen LogP contribution in [0.3, 0.4) is 0 Å². The van der Waals surface area contributed by atoms with Crippen molar-refractivity contribution in [2.45, 2.75) is 103 Å². The molecule has 0 aromatic rings. The highest BCUT2D eigenvalue weighted by Crippen LogP contribution is 2.09. The number of carboxylic acids is 1. The number of carbonyl (C=O) groups excluding carboxylic acids is 1. The van der Waals surface area contributed by atoms with Crippen molar-refractivity contribution < 1.29 is 14.7 Å². The van der Waals surface area contributed by atoms with E-state index in [1.807, 2.05) is 0 Å². The van der Waals surface area contributed by atoms with Gasteiger partial charge in [0.15, 0.2) is 0 Å². The minimum absolute atomic E-state index is 0. The lowest BCUT2D eigenvalue weighted by molar-refractivity contribution is -0.136. The van der Waals surface area contributed by atoms with Crippen molar-refractivity contribution in [2.24, 2.45) is 0 Å². The highest BCUT2D eigenvalue weighted by molar-refractivity contribution is 5.85. The number of hydrogen-bond acceptors (Lipinski definition) is 2. The number of hydrogen-bond donors (Lipinski definition) is 2. The summed E-state index contributed by atoms with van der Waals surface area (Å²) in [6.45, 7) is 2.49. The van der Waals surface area contributed by atoms with E-state index >= 15 is 0 Å². The van der Waals surface area contributed by atoms with E-state index in [1.54, 1.807) is 0 Å². The van der Waals surface area contributed by atoms with Crippen molar-refractivity contribution in [1.82, 2.24) is 5.32 Å². The van der Waals surface area contributed by atoms with Gasteiger partial charge in [0.25, 0.3) is 0 Å². The second kappa shape index (κ2) is 22.0. The van der Waals surface area contributed by atoms with Crippen molar-refractivity contribution in [2.75, 3.05) is 6.54 Å². The lowest BCUT2D eigenvalue weighted by atomic mass is 10.1. The molecule has 0 heterocycles. The van der Waals surface area contributed by atoms with E-state index in [2.05, 4.69) is 24.4 Å². The second-order valence-electron chi connectivity index (χ2n) is 6.83. The van der Waals surface area contributed by atoms with Crippen LogP contribution in [0.5, 0.6) is 0 Å². The van der Waals surface area contributed by atoms with E-state index in [4.69, 9.17) is 5.11 Å². The SMILES string of the molecule is CCCCCCCCC=CCCCCCCCC(=O)NCCC(=O)O.Cl. The molecule has 4 nitrogen and oxygen atoms in total. The number of nitrogens with one attached hydrogen (secondary N) is 1. The summed E-state index contributed by atoms with van der Waals surface area (Å²) in [5.74, 6) is -0.903. The molecular formula is C21H40ClNO3. The fraction of sp³-hybridized carbons (Fsp3) is 0.810. The molecule has 26 heavy (non-hydrogen) atoms. The van der Waals surface area contributed by atoms with Crippen LogP contribution < -0.4 is 5.32 Å². The second-order valence-corrected chi connectivity index (χ2v) is 6.83. The topological polar surface area (TPSA) is 66.4 Å². The molecule has 5 heteroatoms. The van der Waals surface area contributed by atoms with Crippen molar-refractivity contribution in [3.63, 3.8) is 0 Å². The van der Waals surface area contributed by atoms with Crippen molar-refractivity contribution in [3.05, 3.63) is 12.2 Å². The summed E-state index contributed by atoms with van der Waals surface area (Å²) in [4.78, 5) is 21.8.